The smallest absolute Gasteiger partial charge is 0.187 e. The van der Waals surface area contributed by atoms with Crippen molar-refractivity contribution < 1.29 is 4.74 Å². The molecule has 0 saturated heterocycles. The van der Waals surface area contributed by atoms with Crippen LogP contribution >= 0.6 is 38.9 Å². The summed E-state index contributed by atoms with van der Waals surface area (Å²) in [5.41, 5.74) is 3.14. The lowest BCUT2D eigenvalue weighted by Gasteiger charge is -2.06. The average Bonchev–Trinajstić information content (AvgIpc) is 2.96. The highest BCUT2D eigenvalue weighted by Gasteiger charge is 2.06. The average molecular weight is 410 g/mol. The van der Waals surface area contributed by atoms with Crippen LogP contribution in [0.3, 0.4) is 0 Å². The van der Waals surface area contributed by atoms with Crippen molar-refractivity contribution in [2.75, 3.05) is 5.32 Å². The third-order valence-corrected chi connectivity index (χ3v) is 4.79. The van der Waals surface area contributed by atoms with Crippen LogP contribution < -0.4 is 10.1 Å². The Morgan fingerprint density at radius 3 is 2.74 bits per heavy atom. The second-order valence-corrected chi connectivity index (χ2v) is 7.15. The summed E-state index contributed by atoms with van der Waals surface area (Å²) in [4.78, 5) is 4.53. The summed E-state index contributed by atoms with van der Waals surface area (Å²) < 4.78 is 6.60. The molecule has 0 atom stereocenters. The maximum atomic E-state index is 5.92. The van der Waals surface area contributed by atoms with Gasteiger partial charge >= 0.3 is 0 Å². The van der Waals surface area contributed by atoms with Crippen LogP contribution in [0, 0.1) is 6.92 Å². The minimum absolute atomic E-state index is 0.409. The molecule has 1 N–H and O–H groups in total. The minimum atomic E-state index is 0.409. The molecular weight excluding hydrogens is 396 g/mol. The van der Waals surface area contributed by atoms with E-state index in [2.05, 4.69) is 45.3 Å². The van der Waals surface area contributed by atoms with Gasteiger partial charge in [-0.3, -0.25) is 0 Å². The van der Waals surface area contributed by atoms with Gasteiger partial charge in [-0.2, -0.15) is 0 Å². The molecule has 0 radical (unpaired) electrons. The SMILES string of the molecule is Cc1ccc(Nc2nc(COc3ccc(Cl)cc3Br)cs2)cc1. The Labute approximate surface area is 152 Å². The summed E-state index contributed by atoms with van der Waals surface area (Å²) in [6, 6.07) is 13.7. The number of rotatable bonds is 5. The Bertz CT molecular complexity index is 805. The Hall–Kier alpha value is -1.56. The molecule has 0 aliphatic carbocycles. The minimum Gasteiger partial charge on any atom is -0.486 e. The van der Waals surface area contributed by atoms with E-state index in [0.717, 1.165) is 26.7 Å². The van der Waals surface area contributed by atoms with E-state index >= 15 is 0 Å². The topological polar surface area (TPSA) is 34.2 Å². The Morgan fingerprint density at radius 1 is 1.22 bits per heavy atom. The molecule has 3 nitrogen and oxygen atoms in total. The van der Waals surface area contributed by atoms with Gasteiger partial charge < -0.3 is 10.1 Å². The molecule has 2 aromatic carbocycles. The molecule has 3 rings (SSSR count). The van der Waals surface area contributed by atoms with Gasteiger partial charge in [0.2, 0.25) is 0 Å². The quantitative estimate of drug-likeness (QED) is 0.545. The third kappa shape index (κ3) is 4.47. The largest absolute Gasteiger partial charge is 0.486 e. The zero-order valence-electron chi connectivity index (χ0n) is 12.3. The molecule has 0 fully saturated rings. The van der Waals surface area contributed by atoms with E-state index in [4.69, 9.17) is 16.3 Å². The summed E-state index contributed by atoms with van der Waals surface area (Å²) in [7, 11) is 0. The second-order valence-electron chi connectivity index (χ2n) is 5.00. The van der Waals surface area contributed by atoms with Gasteiger partial charge in [-0.1, -0.05) is 29.3 Å². The summed E-state index contributed by atoms with van der Waals surface area (Å²) in [6.45, 7) is 2.48. The van der Waals surface area contributed by atoms with Crippen LogP contribution in [0.1, 0.15) is 11.3 Å². The molecule has 23 heavy (non-hydrogen) atoms. The lowest BCUT2D eigenvalue weighted by molar-refractivity contribution is 0.300. The highest BCUT2D eigenvalue weighted by Crippen LogP contribution is 2.29. The molecule has 118 valence electrons. The van der Waals surface area contributed by atoms with Gasteiger partial charge in [0.05, 0.1) is 10.2 Å². The second kappa shape index (κ2) is 7.34. The van der Waals surface area contributed by atoms with E-state index in [-0.39, 0.29) is 0 Å². The number of aryl methyl sites for hydroxylation is 1. The number of nitrogens with one attached hydrogen (secondary N) is 1. The molecule has 0 unspecified atom stereocenters. The van der Waals surface area contributed by atoms with Gasteiger partial charge in [0.1, 0.15) is 12.4 Å². The van der Waals surface area contributed by atoms with Crippen molar-refractivity contribution in [1.82, 2.24) is 4.98 Å². The van der Waals surface area contributed by atoms with Crippen LogP contribution in [0.15, 0.2) is 52.3 Å². The molecule has 6 heteroatoms. The van der Waals surface area contributed by atoms with Crippen molar-refractivity contribution in [1.29, 1.82) is 0 Å². The van der Waals surface area contributed by atoms with E-state index in [9.17, 15) is 0 Å². The lowest BCUT2D eigenvalue weighted by atomic mass is 10.2. The Morgan fingerprint density at radius 2 is 2.00 bits per heavy atom. The molecule has 0 bridgehead atoms. The van der Waals surface area contributed by atoms with Crippen LogP contribution in [0.5, 0.6) is 5.75 Å². The van der Waals surface area contributed by atoms with Gasteiger partial charge in [0, 0.05) is 16.1 Å². The lowest BCUT2D eigenvalue weighted by Crippen LogP contribution is -1.97. The summed E-state index contributed by atoms with van der Waals surface area (Å²) >= 11 is 10.9. The number of hydrogen-bond donors (Lipinski definition) is 1. The van der Waals surface area contributed by atoms with Crippen LogP contribution in [-0.2, 0) is 6.61 Å². The maximum Gasteiger partial charge on any atom is 0.187 e. The predicted molar refractivity (Wildman–Crippen MR) is 100 cm³/mol. The van der Waals surface area contributed by atoms with Gasteiger partial charge in [-0.25, -0.2) is 4.98 Å². The molecule has 0 aliphatic heterocycles. The van der Waals surface area contributed by atoms with Crippen molar-refractivity contribution >= 4 is 49.7 Å². The molecule has 3 aromatic rings. The van der Waals surface area contributed by atoms with E-state index in [1.54, 1.807) is 17.4 Å². The zero-order valence-corrected chi connectivity index (χ0v) is 15.5. The van der Waals surface area contributed by atoms with E-state index in [1.165, 1.54) is 5.56 Å². The number of anilines is 2. The third-order valence-electron chi connectivity index (χ3n) is 3.12. The first-order valence-corrected chi connectivity index (χ1v) is 9.01. The van der Waals surface area contributed by atoms with Crippen molar-refractivity contribution in [2.45, 2.75) is 13.5 Å². The van der Waals surface area contributed by atoms with E-state index in [1.807, 2.05) is 29.6 Å². The molecule has 0 amide bonds. The van der Waals surface area contributed by atoms with Crippen molar-refractivity contribution in [3.05, 3.63) is 68.6 Å². The predicted octanol–water partition coefficient (Wildman–Crippen LogP) is 6.19. The van der Waals surface area contributed by atoms with Crippen LogP contribution in [0.2, 0.25) is 5.02 Å². The highest BCUT2D eigenvalue weighted by atomic mass is 79.9. The first-order chi connectivity index (χ1) is 11.1. The molecule has 1 heterocycles. The number of hydrogen-bond acceptors (Lipinski definition) is 4. The highest BCUT2D eigenvalue weighted by molar-refractivity contribution is 9.10. The van der Waals surface area contributed by atoms with Gasteiger partial charge in [0.15, 0.2) is 5.13 Å². The summed E-state index contributed by atoms with van der Waals surface area (Å²) in [5.74, 6) is 0.746. The zero-order chi connectivity index (χ0) is 16.2. The Kier molecular flexibility index (Phi) is 5.20. The maximum absolute atomic E-state index is 5.92. The summed E-state index contributed by atoms with van der Waals surface area (Å²) in [6.07, 6.45) is 0. The first kappa shape index (κ1) is 16.3. The molecule has 1 aromatic heterocycles. The van der Waals surface area contributed by atoms with Crippen LogP contribution in [0.25, 0.3) is 0 Å². The summed E-state index contributed by atoms with van der Waals surface area (Å²) in [5, 5.41) is 6.80. The molecule has 0 aliphatic rings. The number of aromatic nitrogens is 1. The van der Waals surface area contributed by atoms with Crippen molar-refractivity contribution in [2.24, 2.45) is 0 Å². The fourth-order valence-electron chi connectivity index (χ4n) is 1.94. The number of benzene rings is 2. The molecule has 0 spiro atoms. The standard InChI is InChI=1S/C17H14BrClN2OS/c1-11-2-5-13(6-3-11)20-17-21-14(10-23-17)9-22-16-7-4-12(19)8-15(16)18/h2-8,10H,9H2,1H3,(H,20,21). The van der Waals surface area contributed by atoms with Gasteiger partial charge in [0.25, 0.3) is 0 Å². The number of thiazole rings is 1. The van der Waals surface area contributed by atoms with E-state index in [0.29, 0.717) is 11.6 Å². The van der Waals surface area contributed by atoms with E-state index < -0.39 is 0 Å². The fourth-order valence-corrected chi connectivity index (χ4v) is 3.45. The number of nitrogens with zero attached hydrogens (tertiary/aromatic N) is 1. The van der Waals surface area contributed by atoms with Crippen LogP contribution in [0.4, 0.5) is 10.8 Å². The van der Waals surface area contributed by atoms with Crippen molar-refractivity contribution in [3.63, 3.8) is 0 Å². The van der Waals surface area contributed by atoms with Gasteiger partial charge in [-0.05, 0) is 53.2 Å². The fraction of sp³-hybridized carbons (Fsp3) is 0.118. The first-order valence-electron chi connectivity index (χ1n) is 6.96. The van der Waals surface area contributed by atoms with Gasteiger partial charge in [-0.15, -0.1) is 11.3 Å². The van der Waals surface area contributed by atoms with Crippen molar-refractivity contribution in [3.8, 4) is 5.75 Å². The molecule has 0 saturated carbocycles. The number of ether oxygens (including phenoxy) is 1. The van der Waals surface area contributed by atoms with Crippen LogP contribution in [-0.4, -0.2) is 4.98 Å². The molecular formula is C17H14BrClN2OS. The Balaban J connectivity index is 1.62. The number of halogens is 2. The monoisotopic (exact) mass is 408 g/mol. The normalized spacial score (nSPS) is 10.6.